The summed E-state index contributed by atoms with van der Waals surface area (Å²) in [6.45, 7) is 8.17. The summed E-state index contributed by atoms with van der Waals surface area (Å²) in [6, 6.07) is 8.37. The molecule has 0 aliphatic heterocycles. The van der Waals surface area contributed by atoms with Crippen molar-refractivity contribution >= 4 is 6.08 Å². The van der Waals surface area contributed by atoms with Crippen molar-refractivity contribution in [2.45, 2.75) is 27.2 Å². The molecule has 0 aliphatic rings. The fourth-order valence-electron chi connectivity index (χ4n) is 1.22. The normalized spacial score (nSPS) is 9.25. The van der Waals surface area contributed by atoms with Gasteiger partial charge in [-0.05, 0) is 17.0 Å². The molecule has 0 bridgehead atoms. The molecule has 0 nitrogen and oxygen atoms in total. The summed E-state index contributed by atoms with van der Waals surface area (Å²) >= 11 is 0. The molecule has 0 spiro atoms. The number of rotatable bonds is 2. The second-order valence-electron chi connectivity index (χ2n) is 2.99. The van der Waals surface area contributed by atoms with Gasteiger partial charge < -0.3 is 0 Å². The maximum atomic E-state index is 3.77. The van der Waals surface area contributed by atoms with E-state index in [2.05, 4.69) is 38.6 Å². The molecule has 1 aromatic rings. The number of benzene rings is 1. The third kappa shape index (κ3) is 2.23. The van der Waals surface area contributed by atoms with Gasteiger partial charge >= 0.3 is 0 Å². The van der Waals surface area contributed by atoms with Crippen LogP contribution in [0.1, 0.15) is 38.3 Å². The van der Waals surface area contributed by atoms with Gasteiger partial charge in [0.1, 0.15) is 0 Å². The molecule has 0 N–H and O–H groups in total. The Morgan fingerprint density at radius 3 is 2.25 bits per heavy atom. The fraction of sp³-hybridized carbons (Fsp3) is 0.333. The number of hydrogen-bond acceptors (Lipinski definition) is 0. The zero-order chi connectivity index (χ0) is 8.27. The second-order valence-corrected chi connectivity index (χ2v) is 2.99. The van der Waals surface area contributed by atoms with Crippen molar-refractivity contribution in [3.05, 3.63) is 42.0 Å². The van der Waals surface area contributed by atoms with Gasteiger partial charge in [0, 0.05) is 0 Å². The lowest BCUT2D eigenvalue weighted by Crippen LogP contribution is -1.89. The van der Waals surface area contributed by atoms with Gasteiger partial charge in [0.05, 0.1) is 0 Å². The summed E-state index contributed by atoms with van der Waals surface area (Å²) in [5, 5.41) is 0. The second kappa shape index (κ2) is 4.76. The monoisotopic (exact) mass is 162 g/mol. The molecule has 66 valence electrons. The SMILES string of the molecule is C.C=Cc1ccccc1C(C)C. The van der Waals surface area contributed by atoms with E-state index in [1.54, 1.807) is 0 Å². The van der Waals surface area contributed by atoms with Gasteiger partial charge in [-0.1, -0.05) is 58.2 Å². The Bertz CT molecular complexity index is 246. The average molecular weight is 162 g/mol. The minimum Gasteiger partial charge on any atom is -0.0985 e. The predicted octanol–water partition coefficient (Wildman–Crippen LogP) is 4.09. The molecule has 0 radical (unpaired) electrons. The number of hydrogen-bond donors (Lipinski definition) is 0. The molecule has 0 fully saturated rings. The van der Waals surface area contributed by atoms with Crippen LogP contribution in [0.25, 0.3) is 6.08 Å². The van der Waals surface area contributed by atoms with Crippen molar-refractivity contribution in [3.63, 3.8) is 0 Å². The quantitative estimate of drug-likeness (QED) is 0.614. The van der Waals surface area contributed by atoms with Crippen LogP contribution in [0.2, 0.25) is 0 Å². The lowest BCUT2D eigenvalue weighted by Gasteiger charge is -2.08. The first-order valence-corrected chi connectivity index (χ1v) is 3.97. The topological polar surface area (TPSA) is 0 Å². The third-order valence-electron chi connectivity index (χ3n) is 1.84. The molecule has 0 unspecified atom stereocenters. The van der Waals surface area contributed by atoms with Gasteiger partial charge in [0.2, 0.25) is 0 Å². The molecule has 0 saturated heterocycles. The van der Waals surface area contributed by atoms with E-state index in [-0.39, 0.29) is 7.43 Å². The molecule has 1 aromatic carbocycles. The van der Waals surface area contributed by atoms with Crippen molar-refractivity contribution < 1.29 is 0 Å². The van der Waals surface area contributed by atoms with Crippen LogP contribution in [0.3, 0.4) is 0 Å². The van der Waals surface area contributed by atoms with Crippen LogP contribution in [0.5, 0.6) is 0 Å². The van der Waals surface area contributed by atoms with Gasteiger partial charge in [-0.3, -0.25) is 0 Å². The lowest BCUT2D eigenvalue weighted by molar-refractivity contribution is 0.864. The van der Waals surface area contributed by atoms with Crippen molar-refractivity contribution in [2.75, 3.05) is 0 Å². The summed E-state index contributed by atoms with van der Waals surface area (Å²) in [7, 11) is 0. The van der Waals surface area contributed by atoms with Crippen LogP contribution in [-0.4, -0.2) is 0 Å². The van der Waals surface area contributed by atoms with Gasteiger partial charge in [0.15, 0.2) is 0 Å². The van der Waals surface area contributed by atoms with E-state index >= 15 is 0 Å². The molecular formula is C12H18. The van der Waals surface area contributed by atoms with Crippen LogP contribution in [-0.2, 0) is 0 Å². The van der Waals surface area contributed by atoms with Crippen LogP contribution in [0.15, 0.2) is 30.8 Å². The molecule has 0 heteroatoms. The highest BCUT2D eigenvalue weighted by molar-refractivity contribution is 5.52. The van der Waals surface area contributed by atoms with E-state index in [0.29, 0.717) is 5.92 Å². The fourth-order valence-corrected chi connectivity index (χ4v) is 1.22. The predicted molar refractivity (Wildman–Crippen MR) is 57.4 cm³/mol. The molecule has 1 rings (SSSR count). The highest BCUT2D eigenvalue weighted by Gasteiger charge is 2.00. The van der Waals surface area contributed by atoms with Crippen LogP contribution < -0.4 is 0 Å². The van der Waals surface area contributed by atoms with E-state index < -0.39 is 0 Å². The van der Waals surface area contributed by atoms with Crippen molar-refractivity contribution in [1.29, 1.82) is 0 Å². The van der Waals surface area contributed by atoms with Crippen molar-refractivity contribution in [1.82, 2.24) is 0 Å². The third-order valence-corrected chi connectivity index (χ3v) is 1.84. The largest absolute Gasteiger partial charge is 0.0985 e. The summed E-state index contributed by atoms with van der Waals surface area (Å²) in [6.07, 6.45) is 1.91. The molecule has 0 aliphatic carbocycles. The van der Waals surface area contributed by atoms with E-state index in [1.165, 1.54) is 11.1 Å². The molecule has 0 amide bonds. The maximum Gasteiger partial charge on any atom is -0.0213 e. The lowest BCUT2D eigenvalue weighted by atomic mass is 9.97. The van der Waals surface area contributed by atoms with Gasteiger partial charge in [0.25, 0.3) is 0 Å². The van der Waals surface area contributed by atoms with E-state index in [1.807, 2.05) is 12.1 Å². The van der Waals surface area contributed by atoms with Crippen molar-refractivity contribution in [3.8, 4) is 0 Å². The minimum atomic E-state index is 0. The van der Waals surface area contributed by atoms with Gasteiger partial charge in [-0.25, -0.2) is 0 Å². The Hall–Kier alpha value is -1.04. The van der Waals surface area contributed by atoms with Crippen LogP contribution in [0, 0.1) is 0 Å². The molecule has 12 heavy (non-hydrogen) atoms. The molecule has 0 saturated carbocycles. The van der Waals surface area contributed by atoms with Crippen LogP contribution >= 0.6 is 0 Å². The first-order chi connectivity index (χ1) is 5.25. The molecule has 0 heterocycles. The Kier molecular flexibility index (Phi) is 4.35. The highest BCUT2D eigenvalue weighted by Crippen LogP contribution is 2.19. The molecule has 0 aromatic heterocycles. The maximum absolute atomic E-state index is 3.77. The average Bonchev–Trinajstić information content (AvgIpc) is 2.04. The summed E-state index contributed by atoms with van der Waals surface area (Å²) in [5.74, 6) is 0.587. The zero-order valence-corrected chi connectivity index (χ0v) is 7.17. The summed E-state index contributed by atoms with van der Waals surface area (Å²) in [4.78, 5) is 0. The minimum absolute atomic E-state index is 0. The van der Waals surface area contributed by atoms with Gasteiger partial charge in [-0.15, -0.1) is 0 Å². The summed E-state index contributed by atoms with van der Waals surface area (Å²) in [5.41, 5.74) is 2.63. The first-order valence-electron chi connectivity index (χ1n) is 3.97. The van der Waals surface area contributed by atoms with E-state index in [0.717, 1.165) is 0 Å². The van der Waals surface area contributed by atoms with Gasteiger partial charge in [-0.2, -0.15) is 0 Å². The molecular weight excluding hydrogens is 144 g/mol. The van der Waals surface area contributed by atoms with E-state index in [9.17, 15) is 0 Å². The van der Waals surface area contributed by atoms with Crippen LogP contribution in [0.4, 0.5) is 0 Å². The Morgan fingerprint density at radius 2 is 1.83 bits per heavy atom. The Labute approximate surface area is 75.9 Å². The standard InChI is InChI=1S/C11H14.CH4/c1-4-10-7-5-6-8-11(10)9(2)3;/h4-9H,1H2,2-3H3;1H4. The van der Waals surface area contributed by atoms with Crippen molar-refractivity contribution in [2.24, 2.45) is 0 Å². The first kappa shape index (κ1) is 11.0. The Balaban J connectivity index is 0.00000121. The zero-order valence-electron chi connectivity index (χ0n) is 7.17. The summed E-state index contributed by atoms with van der Waals surface area (Å²) < 4.78 is 0. The van der Waals surface area contributed by atoms with E-state index in [4.69, 9.17) is 0 Å². The Morgan fingerprint density at radius 1 is 1.25 bits per heavy atom. The smallest absolute Gasteiger partial charge is 0.0213 e. The molecule has 0 atom stereocenters. The highest BCUT2D eigenvalue weighted by atomic mass is 14.1.